The maximum Gasteiger partial charge on any atom is 0.198 e. The summed E-state index contributed by atoms with van der Waals surface area (Å²) in [5.41, 5.74) is 0.501. The van der Waals surface area contributed by atoms with Gasteiger partial charge in [-0.1, -0.05) is 12.1 Å². The second kappa shape index (κ2) is 4.39. The lowest BCUT2D eigenvalue weighted by atomic mass is 9.89. The van der Waals surface area contributed by atoms with Crippen LogP contribution in [0.5, 0.6) is 5.75 Å². The lowest BCUT2D eigenvalue weighted by Crippen LogP contribution is -2.35. The van der Waals surface area contributed by atoms with Crippen LogP contribution in [0.1, 0.15) is 48.0 Å². The minimum absolute atomic E-state index is 0.154. The predicted octanol–water partition coefficient (Wildman–Crippen LogP) is 2.50. The molecule has 1 aliphatic carbocycles. The molecule has 2 aliphatic rings. The van der Waals surface area contributed by atoms with Crippen LogP contribution in [0, 0.1) is 0 Å². The third kappa shape index (κ3) is 1.83. The van der Waals surface area contributed by atoms with Gasteiger partial charge in [0.15, 0.2) is 5.78 Å². The Bertz CT molecular complexity index is 473. The summed E-state index contributed by atoms with van der Waals surface area (Å²) in [6.45, 7) is 0.662. The van der Waals surface area contributed by atoms with Gasteiger partial charge in [0.1, 0.15) is 11.4 Å². The van der Waals surface area contributed by atoms with Gasteiger partial charge in [-0.25, -0.2) is 0 Å². The summed E-state index contributed by atoms with van der Waals surface area (Å²) in [5.74, 6) is 0.549. The Morgan fingerprint density at radius 2 is 2.00 bits per heavy atom. The van der Waals surface area contributed by atoms with Crippen LogP contribution in [-0.4, -0.2) is 23.1 Å². The average Bonchev–Trinajstić information content (AvgIpc) is 2.85. The molecule has 0 saturated heterocycles. The highest BCUT2D eigenvalue weighted by molar-refractivity contribution is 6.05. The van der Waals surface area contributed by atoms with Gasteiger partial charge >= 0.3 is 0 Å². The Morgan fingerprint density at radius 3 is 2.78 bits per heavy atom. The van der Waals surface area contributed by atoms with Crippen molar-refractivity contribution in [2.24, 2.45) is 0 Å². The molecule has 0 bridgehead atoms. The van der Waals surface area contributed by atoms with E-state index in [9.17, 15) is 9.90 Å². The van der Waals surface area contributed by atoms with Crippen LogP contribution in [-0.2, 0) is 6.42 Å². The fourth-order valence-electron chi connectivity index (χ4n) is 3.01. The minimum atomic E-state index is -1.16. The summed E-state index contributed by atoms with van der Waals surface area (Å²) < 4.78 is 5.65. The van der Waals surface area contributed by atoms with E-state index in [1.54, 1.807) is 6.07 Å². The van der Waals surface area contributed by atoms with Gasteiger partial charge < -0.3 is 9.84 Å². The van der Waals surface area contributed by atoms with Crippen molar-refractivity contribution in [3.05, 3.63) is 29.3 Å². The molecule has 1 aliphatic heterocycles. The van der Waals surface area contributed by atoms with Crippen molar-refractivity contribution in [1.29, 1.82) is 0 Å². The summed E-state index contributed by atoms with van der Waals surface area (Å²) in [6, 6.07) is 5.67. The topological polar surface area (TPSA) is 46.5 Å². The first-order chi connectivity index (χ1) is 8.71. The molecule has 0 amide bonds. The normalized spacial score (nSPS) is 21.2. The average molecular weight is 246 g/mol. The quantitative estimate of drug-likeness (QED) is 0.815. The van der Waals surface area contributed by atoms with Crippen molar-refractivity contribution in [1.82, 2.24) is 0 Å². The molecule has 1 heterocycles. The molecule has 3 heteroatoms. The van der Waals surface area contributed by atoms with Crippen molar-refractivity contribution in [3.63, 3.8) is 0 Å². The smallest absolute Gasteiger partial charge is 0.198 e. The number of carbonyl (C=O) groups excluding carboxylic acids is 1. The number of rotatable bonds is 2. The molecule has 1 aromatic carbocycles. The van der Waals surface area contributed by atoms with Crippen LogP contribution in [0.4, 0.5) is 0 Å². The molecule has 1 aromatic rings. The van der Waals surface area contributed by atoms with E-state index in [-0.39, 0.29) is 5.78 Å². The van der Waals surface area contributed by atoms with E-state index in [1.165, 1.54) is 0 Å². The van der Waals surface area contributed by atoms with E-state index >= 15 is 0 Å². The van der Waals surface area contributed by atoms with Gasteiger partial charge in [-0.2, -0.15) is 0 Å². The number of fused-ring (bicyclic) bond motifs is 1. The van der Waals surface area contributed by atoms with E-state index in [0.717, 1.165) is 31.2 Å². The Hall–Kier alpha value is -1.35. The van der Waals surface area contributed by atoms with E-state index in [4.69, 9.17) is 4.74 Å². The number of aryl methyl sites for hydroxylation is 1. The Kier molecular flexibility index (Phi) is 2.86. The highest BCUT2D eigenvalue weighted by atomic mass is 16.5. The molecule has 0 atom stereocenters. The van der Waals surface area contributed by atoms with E-state index in [1.807, 2.05) is 12.1 Å². The molecule has 1 saturated carbocycles. The second-order valence-corrected chi connectivity index (χ2v) is 5.31. The summed E-state index contributed by atoms with van der Waals surface area (Å²) >= 11 is 0. The first-order valence-corrected chi connectivity index (χ1v) is 6.73. The molecular formula is C15H18O3. The molecule has 96 valence electrons. The van der Waals surface area contributed by atoms with E-state index < -0.39 is 5.60 Å². The van der Waals surface area contributed by atoms with Gasteiger partial charge in [-0.15, -0.1) is 0 Å². The number of hydrogen-bond donors (Lipinski definition) is 1. The van der Waals surface area contributed by atoms with Crippen LogP contribution in [0.3, 0.4) is 0 Å². The molecular weight excluding hydrogens is 228 g/mol. The van der Waals surface area contributed by atoms with Crippen LogP contribution in [0.25, 0.3) is 0 Å². The number of Topliss-reactive ketones (excluding diaryl/α,β-unsaturated/α-hetero) is 1. The van der Waals surface area contributed by atoms with Crippen molar-refractivity contribution in [2.45, 2.75) is 44.1 Å². The fourth-order valence-corrected chi connectivity index (χ4v) is 3.01. The molecule has 0 unspecified atom stereocenters. The number of aliphatic hydroxyl groups is 1. The monoisotopic (exact) mass is 246 g/mol. The maximum absolute atomic E-state index is 12.5. The summed E-state index contributed by atoms with van der Waals surface area (Å²) in [7, 11) is 0. The zero-order chi connectivity index (χ0) is 12.6. The summed E-state index contributed by atoms with van der Waals surface area (Å²) in [5, 5.41) is 10.4. The zero-order valence-electron chi connectivity index (χ0n) is 10.4. The number of ether oxygens (including phenoxy) is 1. The van der Waals surface area contributed by atoms with E-state index in [2.05, 4.69) is 0 Å². The van der Waals surface area contributed by atoms with Crippen LogP contribution < -0.4 is 4.74 Å². The molecule has 1 fully saturated rings. The van der Waals surface area contributed by atoms with Gasteiger partial charge in [0.2, 0.25) is 0 Å². The van der Waals surface area contributed by atoms with Crippen LogP contribution >= 0.6 is 0 Å². The highest BCUT2D eigenvalue weighted by Gasteiger charge is 2.40. The fraction of sp³-hybridized carbons (Fsp3) is 0.533. The van der Waals surface area contributed by atoms with Gasteiger partial charge in [-0.3, -0.25) is 4.79 Å². The summed E-state index contributed by atoms with van der Waals surface area (Å²) in [4.78, 5) is 12.5. The number of hydrogen-bond acceptors (Lipinski definition) is 3. The van der Waals surface area contributed by atoms with Crippen LogP contribution in [0.15, 0.2) is 18.2 Å². The Morgan fingerprint density at radius 1 is 1.22 bits per heavy atom. The minimum Gasteiger partial charge on any atom is -0.493 e. The van der Waals surface area contributed by atoms with Crippen molar-refractivity contribution in [3.8, 4) is 5.75 Å². The molecule has 0 aromatic heterocycles. The lowest BCUT2D eigenvalue weighted by molar-refractivity contribution is 0.0349. The van der Waals surface area contributed by atoms with Crippen molar-refractivity contribution >= 4 is 5.78 Å². The van der Waals surface area contributed by atoms with Crippen molar-refractivity contribution < 1.29 is 14.6 Å². The molecule has 0 radical (unpaired) electrons. The Labute approximate surface area is 107 Å². The van der Waals surface area contributed by atoms with Crippen LogP contribution in [0.2, 0.25) is 0 Å². The Balaban J connectivity index is 1.99. The van der Waals surface area contributed by atoms with Gasteiger partial charge in [-0.05, 0) is 50.2 Å². The third-order valence-corrected chi connectivity index (χ3v) is 4.03. The predicted molar refractivity (Wildman–Crippen MR) is 68.0 cm³/mol. The van der Waals surface area contributed by atoms with Crippen molar-refractivity contribution in [2.75, 3.05) is 6.61 Å². The summed E-state index contributed by atoms with van der Waals surface area (Å²) in [6.07, 6.45) is 4.96. The second-order valence-electron chi connectivity index (χ2n) is 5.31. The standard InChI is InChI=1S/C15H18O3/c16-14(15(17)8-1-2-9-15)12-7-3-5-11-6-4-10-18-13(11)12/h3,5,7,17H,1-2,4,6,8-10H2. The maximum atomic E-state index is 12.5. The first-order valence-electron chi connectivity index (χ1n) is 6.73. The highest BCUT2D eigenvalue weighted by Crippen LogP contribution is 2.37. The molecule has 18 heavy (non-hydrogen) atoms. The number of carbonyl (C=O) groups is 1. The number of ketones is 1. The SMILES string of the molecule is O=C(c1cccc2c1OCCC2)C1(O)CCCC1. The number of benzene rings is 1. The lowest BCUT2D eigenvalue weighted by Gasteiger charge is -2.25. The third-order valence-electron chi connectivity index (χ3n) is 4.03. The van der Waals surface area contributed by atoms with E-state index in [0.29, 0.717) is 30.8 Å². The molecule has 3 nitrogen and oxygen atoms in total. The molecule has 0 spiro atoms. The van der Waals surface area contributed by atoms with Gasteiger partial charge in [0.25, 0.3) is 0 Å². The molecule has 3 rings (SSSR count). The largest absolute Gasteiger partial charge is 0.493 e. The first kappa shape index (κ1) is 11.7. The van der Waals surface area contributed by atoms with Gasteiger partial charge in [0, 0.05) is 0 Å². The zero-order valence-corrected chi connectivity index (χ0v) is 10.4. The molecule has 1 N–H and O–H groups in total. The van der Waals surface area contributed by atoms with Gasteiger partial charge in [0.05, 0.1) is 12.2 Å². The number of para-hydroxylation sites is 1.